The molecule has 0 saturated heterocycles. The van der Waals surface area contributed by atoms with Gasteiger partial charge in [-0.3, -0.25) is 4.90 Å². The molecule has 0 atom stereocenters. The predicted molar refractivity (Wildman–Crippen MR) is 86.2 cm³/mol. The first-order valence-corrected chi connectivity index (χ1v) is 7.57. The molecule has 0 unspecified atom stereocenters. The van der Waals surface area contributed by atoms with Crippen molar-refractivity contribution in [2.45, 2.75) is 25.4 Å². The molecule has 3 heteroatoms. The van der Waals surface area contributed by atoms with Crippen molar-refractivity contribution in [3.8, 4) is 5.75 Å². The van der Waals surface area contributed by atoms with Crippen molar-refractivity contribution in [2.75, 3.05) is 18.9 Å². The highest BCUT2D eigenvalue weighted by atomic mass is 16.5. The highest BCUT2D eigenvalue weighted by molar-refractivity contribution is 5.39. The van der Waals surface area contributed by atoms with Crippen LogP contribution in [0.3, 0.4) is 0 Å². The third-order valence-electron chi connectivity index (χ3n) is 3.82. The summed E-state index contributed by atoms with van der Waals surface area (Å²) in [7, 11) is 0. The Balaban J connectivity index is 1.52. The van der Waals surface area contributed by atoms with E-state index in [0.717, 1.165) is 37.2 Å². The quantitative estimate of drug-likeness (QED) is 0.792. The fraction of sp³-hybridized carbons (Fsp3) is 0.333. The molecule has 0 radical (unpaired) electrons. The average Bonchev–Trinajstić information content (AvgIpc) is 3.34. The first kappa shape index (κ1) is 14.0. The number of rotatable bonds is 7. The van der Waals surface area contributed by atoms with Gasteiger partial charge in [-0.15, -0.1) is 0 Å². The van der Waals surface area contributed by atoms with E-state index >= 15 is 0 Å². The smallest absolute Gasteiger partial charge is 0.119 e. The van der Waals surface area contributed by atoms with Gasteiger partial charge in [0.1, 0.15) is 12.4 Å². The van der Waals surface area contributed by atoms with Crippen LogP contribution in [-0.4, -0.2) is 24.1 Å². The van der Waals surface area contributed by atoms with Gasteiger partial charge >= 0.3 is 0 Å². The molecular weight excluding hydrogens is 260 g/mol. The molecule has 0 bridgehead atoms. The van der Waals surface area contributed by atoms with Crippen LogP contribution in [0.1, 0.15) is 18.4 Å². The monoisotopic (exact) mass is 282 g/mol. The van der Waals surface area contributed by atoms with E-state index in [-0.39, 0.29) is 0 Å². The van der Waals surface area contributed by atoms with Gasteiger partial charge in [-0.25, -0.2) is 0 Å². The van der Waals surface area contributed by atoms with E-state index < -0.39 is 0 Å². The van der Waals surface area contributed by atoms with Crippen molar-refractivity contribution in [3.63, 3.8) is 0 Å². The summed E-state index contributed by atoms with van der Waals surface area (Å²) in [6.45, 7) is 2.67. The molecule has 0 aliphatic heterocycles. The molecule has 3 nitrogen and oxygen atoms in total. The molecule has 2 N–H and O–H groups in total. The van der Waals surface area contributed by atoms with Gasteiger partial charge in [0.15, 0.2) is 0 Å². The van der Waals surface area contributed by atoms with Gasteiger partial charge in [0, 0.05) is 24.8 Å². The van der Waals surface area contributed by atoms with Crippen LogP contribution in [0, 0.1) is 0 Å². The lowest BCUT2D eigenvalue weighted by molar-refractivity contribution is 0.195. The predicted octanol–water partition coefficient (Wildman–Crippen LogP) is 3.31. The van der Waals surface area contributed by atoms with E-state index in [1.165, 1.54) is 18.4 Å². The third kappa shape index (κ3) is 4.23. The van der Waals surface area contributed by atoms with Crippen LogP contribution in [0.4, 0.5) is 5.69 Å². The minimum absolute atomic E-state index is 0.724. The third-order valence-corrected chi connectivity index (χ3v) is 3.82. The lowest BCUT2D eigenvalue weighted by Gasteiger charge is -2.22. The zero-order valence-corrected chi connectivity index (χ0v) is 12.2. The number of nitrogens with zero attached hydrogens (tertiary/aromatic N) is 1. The molecule has 2 aromatic rings. The summed E-state index contributed by atoms with van der Waals surface area (Å²) in [5.74, 6) is 0.945. The van der Waals surface area contributed by atoms with Crippen LogP contribution < -0.4 is 10.5 Å². The van der Waals surface area contributed by atoms with E-state index in [2.05, 4.69) is 17.0 Å². The summed E-state index contributed by atoms with van der Waals surface area (Å²) in [5, 5.41) is 0. The second-order valence-electron chi connectivity index (χ2n) is 5.60. The van der Waals surface area contributed by atoms with Gasteiger partial charge in [0.05, 0.1) is 0 Å². The van der Waals surface area contributed by atoms with Crippen LogP contribution in [-0.2, 0) is 6.54 Å². The highest BCUT2D eigenvalue weighted by Gasteiger charge is 2.28. The molecule has 0 aromatic heterocycles. The van der Waals surface area contributed by atoms with Gasteiger partial charge in [-0.2, -0.15) is 0 Å². The average molecular weight is 282 g/mol. The summed E-state index contributed by atoms with van der Waals surface area (Å²) in [5.41, 5.74) is 7.88. The number of anilines is 1. The topological polar surface area (TPSA) is 38.5 Å². The second-order valence-corrected chi connectivity index (χ2v) is 5.60. The van der Waals surface area contributed by atoms with Crippen molar-refractivity contribution in [1.29, 1.82) is 0 Å². The molecule has 1 saturated carbocycles. The Morgan fingerprint density at radius 2 is 1.71 bits per heavy atom. The summed E-state index contributed by atoms with van der Waals surface area (Å²) in [6, 6.07) is 18.9. The Morgan fingerprint density at radius 1 is 1.00 bits per heavy atom. The highest BCUT2D eigenvalue weighted by Crippen LogP contribution is 2.28. The van der Waals surface area contributed by atoms with E-state index in [1.807, 2.05) is 42.5 Å². The Labute approximate surface area is 126 Å². The van der Waals surface area contributed by atoms with Crippen LogP contribution in [0.15, 0.2) is 54.6 Å². The summed E-state index contributed by atoms with van der Waals surface area (Å²) in [6.07, 6.45) is 2.61. The number of nitrogen functional groups attached to an aromatic ring is 1. The molecule has 3 rings (SSSR count). The number of hydrogen-bond acceptors (Lipinski definition) is 3. The van der Waals surface area contributed by atoms with Gasteiger partial charge in [0.2, 0.25) is 0 Å². The van der Waals surface area contributed by atoms with E-state index in [1.54, 1.807) is 0 Å². The van der Waals surface area contributed by atoms with E-state index in [9.17, 15) is 0 Å². The maximum atomic E-state index is 5.81. The fourth-order valence-corrected chi connectivity index (χ4v) is 2.49. The van der Waals surface area contributed by atoms with Gasteiger partial charge < -0.3 is 10.5 Å². The maximum Gasteiger partial charge on any atom is 0.119 e. The number of nitrogens with two attached hydrogens (primary N) is 1. The number of para-hydroxylation sites is 1. The Morgan fingerprint density at radius 3 is 2.38 bits per heavy atom. The van der Waals surface area contributed by atoms with Crippen LogP contribution >= 0.6 is 0 Å². The zero-order chi connectivity index (χ0) is 14.5. The molecule has 0 spiro atoms. The number of ether oxygens (including phenoxy) is 1. The molecule has 1 aliphatic rings. The van der Waals surface area contributed by atoms with Crippen molar-refractivity contribution in [2.24, 2.45) is 0 Å². The minimum Gasteiger partial charge on any atom is -0.492 e. The number of hydrogen-bond donors (Lipinski definition) is 1. The lowest BCUT2D eigenvalue weighted by Crippen LogP contribution is -2.30. The molecule has 110 valence electrons. The molecule has 21 heavy (non-hydrogen) atoms. The van der Waals surface area contributed by atoms with Crippen molar-refractivity contribution >= 4 is 5.69 Å². The van der Waals surface area contributed by atoms with Crippen LogP contribution in [0.2, 0.25) is 0 Å². The lowest BCUT2D eigenvalue weighted by atomic mass is 10.2. The standard InChI is InChI=1S/C18H22N2O/c19-16-8-6-15(7-9-16)14-20(17-10-11-17)12-13-21-18-4-2-1-3-5-18/h1-9,17H,10-14,19H2. The first-order valence-electron chi connectivity index (χ1n) is 7.57. The zero-order valence-electron chi connectivity index (χ0n) is 12.2. The minimum atomic E-state index is 0.724. The molecule has 2 aromatic carbocycles. The molecule has 0 amide bonds. The van der Waals surface area contributed by atoms with E-state index in [4.69, 9.17) is 10.5 Å². The normalized spacial score (nSPS) is 14.3. The van der Waals surface area contributed by atoms with Gasteiger partial charge in [-0.1, -0.05) is 30.3 Å². The largest absolute Gasteiger partial charge is 0.492 e. The first-order chi connectivity index (χ1) is 10.3. The SMILES string of the molecule is Nc1ccc(CN(CCOc2ccccc2)C2CC2)cc1. The van der Waals surface area contributed by atoms with Crippen molar-refractivity contribution in [1.82, 2.24) is 4.90 Å². The van der Waals surface area contributed by atoms with E-state index in [0.29, 0.717) is 0 Å². The summed E-state index contributed by atoms with van der Waals surface area (Å²) in [4.78, 5) is 2.51. The Kier molecular flexibility index (Phi) is 4.41. The molecule has 0 heterocycles. The summed E-state index contributed by atoms with van der Waals surface area (Å²) < 4.78 is 5.81. The van der Waals surface area contributed by atoms with Crippen LogP contribution in [0.25, 0.3) is 0 Å². The van der Waals surface area contributed by atoms with Crippen LogP contribution in [0.5, 0.6) is 5.75 Å². The van der Waals surface area contributed by atoms with Gasteiger partial charge in [-0.05, 0) is 42.7 Å². The molecular formula is C18H22N2O. The van der Waals surface area contributed by atoms with Crippen molar-refractivity contribution in [3.05, 3.63) is 60.2 Å². The maximum absolute atomic E-state index is 5.81. The second kappa shape index (κ2) is 6.64. The molecule has 1 fully saturated rings. The molecule has 1 aliphatic carbocycles. The van der Waals surface area contributed by atoms with Crippen molar-refractivity contribution < 1.29 is 4.74 Å². The summed E-state index contributed by atoms with van der Waals surface area (Å²) >= 11 is 0. The van der Waals surface area contributed by atoms with Gasteiger partial charge in [0.25, 0.3) is 0 Å². The number of benzene rings is 2. The Hall–Kier alpha value is -2.00. The fourth-order valence-electron chi connectivity index (χ4n) is 2.49. The Bertz CT molecular complexity index is 549.